The van der Waals surface area contributed by atoms with E-state index in [4.69, 9.17) is 14.2 Å². The number of methoxy groups -OCH3 is 1. The number of nitrogens with zero attached hydrogens (tertiary/aromatic N) is 2. The van der Waals surface area contributed by atoms with Gasteiger partial charge >= 0.3 is 17.6 Å². The van der Waals surface area contributed by atoms with E-state index in [0.717, 1.165) is 5.56 Å². The van der Waals surface area contributed by atoms with Crippen molar-refractivity contribution in [2.45, 2.75) is 20.5 Å². The number of hydrogen-bond acceptors (Lipinski definition) is 7. The SMILES string of the molecule is CCOC(=O)c1c(COC(=O)c2cccc(C)c2)nc2ccc(OC)cc2[n+]1[O-]. The van der Waals surface area contributed by atoms with Gasteiger partial charge in [0.05, 0.1) is 25.3 Å². The lowest BCUT2D eigenvalue weighted by atomic mass is 10.1. The first-order valence-corrected chi connectivity index (χ1v) is 8.95. The number of hydrogen-bond donors (Lipinski definition) is 0. The molecule has 0 unspecified atom stereocenters. The smallest absolute Gasteiger partial charge is 0.407 e. The lowest BCUT2D eigenvalue weighted by molar-refractivity contribution is -0.581. The number of carbonyl (C=O) groups is 2. The van der Waals surface area contributed by atoms with Gasteiger partial charge in [-0.1, -0.05) is 17.7 Å². The van der Waals surface area contributed by atoms with E-state index >= 15 is 0 Å². The summed E-state index contributed by atoms with van der Waals surface area (Å²) >= 11 is 0. The van der Waals surface area contributed by atoms with Crippen LogP contribution in [0.25, 0.3) is 11.0 Å². The molecule has 0 fully saturated rings. The van der Waals surface area contributed by atoms with Crippen molar-refractivity contribution in [1.82, 2.24) is 4.98 Å². The zero-order valence-electron chi connectivity index (χ0n) is 16.3. The van der Waals surface area contributed by atoms with Gasteiger partial charge in [0.25, 0.3) is 0 Å². The second kappa shape index (κ2) is 8.55. The highest BCUT2D eigenvalue weighted by molar-refractivity contribution is 5.90. The van der Waals surface area contributed by atoms with Crippen LogP contribution in [0.4, 0.5) is 0 Å². The minimum absolute atomic E-state index is 0.0112. The fraction of sp³-hybridized carbons (Fsp3) is 0.238. The maximum atomic E-state index is 12.9. The van der Waals surface area contributed by atoms with Crippen LogP contribution >= 0.6 is 0 Å². The first-order valence-electron chi connectivity index (χ1n) is 8.95. The number of esters is 2. The van der Waals surface area contributed by atoms with Crippen molar-refractivity contribution in [3.8, 4) is 5.75 Å². The maximum Gasteiger partial charge on any atom is 0.407 e. The molecule has 2 aromatic carbocycles. The van der Waals surface area contributed by atoms with Crippen LogP contribution < -0.4 is 9.47 Å². The summed E-state index contributed by atoms with van der Waals surface area (Å²) in [6.45, 7) is 3.21. The van der Waals surface area contributed by atoms with Gasteiger partial charge in [-0.2, -0.15) is 4.73 Å². The molecular weight excluding hydrogens is 376 g/mol. The molecule has 1 heterocycles. The molecule has 8 nitrogen and oxygen atoms in total. The third-order valence-corrected chi connectivity index (χ3v) is 4.20. The van der Waals surface area contributed by atoms with Gasteiger partial charge in [0.1, 0.15) is 17.9 Å². The molecule has 150 valence electrons. The van der Waals surface area contributed by atoms with Gasteiger partial charge in [0.15, 0.2) is 5.69 Å². The van der Waals surface area contributed by atoms with E-state index < -0.39 is 11.9 Å². The number of benzene rings is 2. The van der Waals surface area contributed by atoms with Gasteiger partial charge in [-0.3, -0.25) is 0 Å². The number of rotatable bonds is 6. The molecule has 29 heavy (non-hydrogen) atoms. The summed E-state index contributed by atoms with van der Waals surface area (Å²) in [6, 6.07) is 11.6. The molecule has 3 rings (SSSR count). The van der Waals surface area contributed by atoms with Gasteiger partial charge in [0, 0.05) is 0 Å². The fourth-order valence-electron chi connectivity index (χ4n) is 2.81. The minimum atomic E-state index is -0.846. The summed E-state index contributed by atoms with van der Waals surface area (Å²) in [6.07, 6.45) is 0. The molecule has 0 aliphatic carbocycles. The van der Waals surface area contributed by atoms with Crippen LogP contribution in [0.15, 0.2) is 42.5 Å². The van der Waals surface area contributed by atoms with E-state index in [-0.39, 0.29) is 30.1 Å². The summed E-state index contributed by atoms with van der Waals surface area (Å²) in [7, 11) is 1.47. The normalized spacial score (nSPS) is 10.6. The Balaban J connectivity index is 1.99. The van der Waals surface area contributed by atoms with Gasteiger partial charge in [-0.25, -0.2) is 14.6 Å². The van der Waals surface area contributed by atoms with E-state index in [1.165, 1.54) is 13.2 Å². The average Bonchev–Trinajstić information content (AvgIpc) is 2.72. The van der Waals surface area contributed by atoms with Crippen molar-refractivity contribution in [2.24, 2.45) is 0 Å². The zero-order chi connectivity index (χ0) is 21.0. The van der Waals surface area contributed by atoms with Crippen LogP contribution in [0.2, 0.25) is 0 Å². The minimum Gasteiger partial charge on any atom is -0.618 e. The molecule has 0 saturated heterocycles. The molecular formula is C21H20N2O6. The predicted molar refractivity (Wildman–Crippen MR) is 104 cm³/mol. The van der Waals surface area contributed by atoms with Gasteiger partial charge < -0.3 is 19.4 Å². The molecule has 0 bridgehead atoms. The van der Waals surface area contributed by atoms with Crippen molar-refractivity contribution >= 4 is 23.0 Å². The predicted octanol–water partition coefficient (Wildman–Crippen LogP) is 2.72. The Hall–Kier alpha value is -3.68. The highest BCUT2D eigenvalue weighted by Gasteiger charge is 2.28. The van der Waals surface area contributed by atoms with E-state index in [1.807, 2.05) is 13.0 Å². The lowest BCUT2D eigenvalue weighted by Gasteiger charge is -2.12. The largest absolute Gasteiger partial charge is 0.618 e. The van der Waals surface area contributed by atoms with E-state index in [1.54, 1.807) is 37.3 Å². The topological polar surface area (TPSA) is 102 Å². The molecule has 0 aliphatic heterocycles. The Morgan fingerprint density at radius 3 is 2.59 bits per heavy atom. The van der Waals surface area contributed by atoms with Crippen LogP contribution in [0, 0.1) is 12.1 Å². The Morgan fingerprint density at radius 2 is 1.90 bits per heavy atom. The Bertz CT molecular complexity index is 1080. The molecule has 0 saturated carbocycles. The Labute approximate surface area is 167 Å². The van der Waals surface area contributed by atoms with Crippen LogP contribution in [-0.4, -0.2) is 30.6 Å². The monoisotopic (exact) mass is 396 g/mol. The van der Waals surface area contributed by atoms with E-state index in [2.05, 4.69) is 4.98 Å². The molecule has 8 heteroatoms. The third kappa shape index (κ3) is 4.26. The molecule has 0 N–H and O–H groups in total. The number of fused-ring (bicyclic) bond motifs is 1. The van der Waals surface area contributed by atoms with Crippen molar-refractivity contribution in [2.75, 3.05) is 13.7 Å². The van der Waals surface area contributed by atoms with Crippen molar-refractivity contribution in [3.63, 3.8) is 0 Å². The zero-order valence-corrected chi connectivity index (χ0v) is 16.3. The molecule has 0 atom stereocenters. The molecule has 0 aliphatic rings. The molecule has 0 amide bonds. The van der Waals surface area contributed by atoms with E-state index in [9.17, 15) is 14.8 Å². The second-order valence-corrected chi connectivity index (χ2v) is 6.22. The molecule has 0 radical (unpaired) electrons. The van der Waals surface area contributed by atoms with Crippen LogP contribution in [0.3, 0.4) is 0 Å². The van der Waals surface area contributed by atoms with Crippen LogP contribution in [0.5, 0.6) is 5.75 Å². The summed E-state index contributed by atoms with van der Waals surface area (Å²) in [5, 5.41) is 12.9. The third-order valence-electron chi connectivity index (χ3n) is 4.20. The summed E-state index contributed by atoms with van der Waals surface area (Å²) in [4.78, 5) is 29.1. The van der Waals surface area contributed by atoms with Gasteiger partial charge in [-0.05, 0) is 38.1 Å². The summed E-state index contributed by atoms with van der Waals surface area (Å²) in [5.74, 6) is -0.990. The van der Waals surface area contributed by atoms with Crippen molar-refractivity contribution in [1.29, 1.82) is 0 Å². The van der Waals surface area contributed by atoms with Crippen LogP contribution in [0.1, 0.15) is 39.0 Å². The van der Waals surface area contributed by atoms with Gasteiger partial charge in [0.2, 0.25) is 5.52 Å². The second-order valence-electron chi connectivity index (χ2n) is 6.22. The maximum absolute atomic E-state index is 12.9. The van der Waals surface area contributed by atoms with Crippen LogP contribution in [-0.2, 0) is 16.1 Å². The average molecular weight is 396 g/mol. The lowest BCUT2D eigenvalue weighted by Crippen LogP contribution is -2.39. The molecule has 3 aromatic rings. The van der Waals surface area contributed by atoms with Crippen molar-refractivity contribution < 1.29 is 28.5 Å². The molecule has 0 spiro atoms. The highest BCUT2D eigenvalue weighted by atomic mass is 16.5. The number of carbonyl (C=O) groups excluding carboxylic acids is 2. The Morgan fingerprint density at radius 1 is 1.10 bits per heavy atom. The number of aryl methyl sites for hydroxylation is 1. The first-order chi connectivity index (χ1) is 13.9. The fourth-order valence-corrected chi connectivity index (χ4v) is 2.81. The Kier molecular flexibility index (Phi) is 5.92. The van der Waals surface area contributed by atoms with E-state index in [0.29, 0.717) is 21.6 Å². The molecule has 1 aromatic heterocycles. The quantitative estimate of drug-likeness (QED) is 0.359. The summed E-state index contributed by atoms with van der Waals surface area (Å²) < 4.78 is 15.8. The standard InChI is InChI=1S/C21H20N2O6/c1-4-28-21(25)19-17(12-29-20(24)14-7-5-6-13(2)10-14)22-16-9-8-15(27-3)11-18(16)23(19)26/h5-11H,4,12H2,1-3H3. The number of aromatic nitrogens is 2. The highest BCUT2D eigenvalue weighted by Crippen LogP contribution is 2.19. The van der Waals surface area contributed by atoms with Crippen molar-refractivity contribution in [3.05, 3.63) is 70.2 Å². The first kappa shape index (κ1) is 20.1. The number of ether oxygens (including phenoxy) is 3. The summed E-state index contributed by atoms with van der Waals surface area (Å²) in [5.41, 5.74) is 1.42. The van der Waals surface area contributed by atoms with Gasteiger partial charge in [-0.15, -0.1) is 0 Å².